The highest BCUT2D eigenvalue weighted by molar-refractivity contribution is 5.56. The van der Waals surface area contributed by atoms with Crippen molar-refractivity contribution in [3.8, 4) is 5.75 Å². The lowest BCUT2D eigenvalue weighted by molar-refractivity contribution is 0.446. The summed E-state index contributed by atoms with van der Waals surface area (Å²) in [4.78, 5) is 21.3. The van der Waals surface area contributed by atoms with E-state index in [4.69, 9.17) is 16.2 Å². The number of nitrogens with two attached hydrogens (primary N) is 1. The average Bonchev–Trinajstić information content (AvgIpc) is 2.05. The lowest BCUT2D eigenvalue weighted by atomic mass is 9.99. The van der Waals surface area contributed by atoms with Gasteiger partial charge >= 0.3 is 0 Å². The van der Waals surface area contributed by atoms with E-state index in [2.05, 4.69) is 0 Å². The summed E-state index contributed by atoms with van der Waals surface area (Å²) < 4.78 is 0. The van der Waals surface area contributed by atoms with Crippen LogP contribution in [0.4, 0.5) is 0 Å². The van der Waals surface area contributed by atoms with Crippen molar-refractivity contribution in [2.75, 3.05) is 0 Å². The summed E-state index contributed by atoms with van der Waals surface area (Å²) in [5, 5.41) is 15.6. The summed E-state index contributed by atoms with van der Waals surface area (Å²) in [5.41, 5.74) is 3.72. The average molecular weight is 168 g/mol. The molecule has 1 atom stereocenters. The van der Waals surface area contributed by atoms with Gasteiger partial charge in [-0.3, -0.25) is 9.59 Å². The smallest absolute Gasteiger partial charge is 0.268 e. The molecule has 0 aliphatic carbocycles. The van der Waals surface area contributed by atoms with E-state index in [1.807, 2.05) is 0 Å². The fourth-order valence-electron chi connectivity index (χ4n) is 0.986. The molecule has 4 N–H and O–H groups in total. The molecule has 0 radical (unpaired) electrons. The van der Waals surface area contributed by atoms with Crippen molar-refractivity contribution >= 4 is 6.21 Å². The monoisotopic (exact) mass is 168 g/mol. The van der Waals surface area contributed by atoms with Gasteiger partial charge in [0.15, 0.2) is 5.75 Å². The maximum atomic E-state index is 10.8. The zero-order chi connectivity index (χ0) is 9.30. The lowest BCUT2D eigenvalue weighted by Crippen LogP contribution is -2.38. The largest absolute Gasteiger partial charge is 0.504 e. The van der Waals surface area contributed by atoms with Crippen molar-refractivity contribution in [2.24, 2.45) is 5.73 Å². The quantitative estimate of drug-likeness (QED) is 0.398. The Morgan fingerprint density at radius 1 is 1.50 bits per heavy atom. The minimum atomic E-state index is -0.884. The third kappa shape index (κ3) is 1.04. The van der Waals surface area contributed by atoms with Crippen LogP contribution in [0.25, 0.3) is 0 Å². The molecule has 1 rings (SSSR count). The van der Waals surface area contributed by atoms with E-state index in [0.717, 1.165) is 6.21 Å². The zero-order valence-corrected chi connectivity index (χ0v) is 6.20. The van der Waals surface area contributed by atoms with Gasteiger partial charge in [0.05, 0.1) is 5.56 Å². The molecule has 0 aliphatic heterocycles. The number of rotatable bonds is 3. The highest BCUT2D eigenvalue weighted by Crippen LogP contribution is 2.17. The van der Waals surface area contributed by atoms with Crippen LogP contribution in [-0.2, 0) is 0 Å². The Balaban J connectivity index is 2.98. The van der Waals surface area contributed by atoms with E-state index in [1.165, 1.54) is 0 Å². The second-order valence-electron chi connectivity index (χ2n) is 2.47. The zero-order valence-electron chi connectivity index (χ0n) is 6.20. The highest BCUT2D eigenvalue weighted by Gasteiger charge is 2.24. The predicted octanol–water partition coefficient (Wildman–Crippen LogP) is -0.972. The lowest BCUT2D eigenvalue weighted by Gasteiger charge is -2.10. The van der Waals surface area contributed by atoms with E-state index < -0.39 is 22.6 Å². The van der Waals surface area contributed by atoms with E-state index in [-0.39, 0.29) is 12.0 Å². The summed E-state index contributed by atoms with van der Waals surface area (Å²) in [7, 11) is 0. The normalized spacial score (nSPS) is 13.1. The molecule has 64 valence electrons. The first-order valence-corrected chi connectivity index (χ1v) is 3.36. The van der Waals surface area contributed by atoms with Crippen molar-refractivity contribution in [2.45, 2.75) is 12.5 Å². The molecule has 0 bridgehead atoms. The second kappa shape index (κ2) is 2.86. The van der Waals surface area contributed by atoms with Crippen LogP contribution in [0.5, 0.6) is 5.75 Å². The van der Waals surface area contributed by atoms with Crippen LogP contribution >= 0.6 is 0 Å². The molecule has 0 aromatic heterocycles. The number of hydrogen-bond acceptors (Lipinski definition) is 5. The molecule has 0 spiro atoms. The minimum Gasteiger partial charge on any atom is -0.504 e. The number of aromatic hydroxyl groups is 1. The van der Waals surface area contributed by atoms with Crippen LogP contribution in [0.3, 0.4) is 0 Å². The minimum absolute atomic E-state index is 0.0523. The second-order valence-corrected chi connectivity index (χ2v) is 2.47. The third-order valence-corrected chi connectivity index (χ3v) is 1.66. The standard InChI is InChI=1S/C7H8N2O3/c8-2-1-3(9)4-5(10)7(12)6(4)11/h2-3,8,10H,1,9H2. The van der Waals surface area contributed by atoms with Crippen LogP contribution < -0.4 is 16.6 Å². The van der Waals surface area contributed by atoms with Crippen LogP contribution in [0.2, 0.25) is 0 Å². The molecule has 5 nitrogen and oxygen atoms in total. The van der Waals surface area contributed by atoms with E-state index >= 15 is 0 Å². The van der Waals surface area contributed by atoms with Gasteiger partial charge < -0.3 is 16.2 Å². The van der Waals surface area contributed by atoms with Gasteiger partial charge in [-0.1, -0.05) is 0 Å². The molecule has 0 heterocycles. The molecular formula is C7H8N2O3. The highest BCUT2D eigenvalue weighted by atomic mass is 16.3. The van der Waals surface area contributed by atoms with Gasteiger partial charge in [-0.2, -0.15) is 0 Å². The number of nitrogens with one attached hydrogen (secondary N) is 1. The molecule has 1 aromatic carbocycles. The topological polar surface area (TPSA) is 104 Å². The van der Waals surface area contributed by atoms with E-state index in [0.29, 0.717) is 0 Å². The van der Waals surface area contributed by atoms with Gasteiger partial charge in [-0.05, 0) is 6.21 Å². The summed E-state index contributed by atoms with van der Waals surface area (Å²) in [6.07, 6.45) is 1.18. The van der Waals surface area contributed by atoms with Crippen LogP contribution in [0.1, 0.15) is 18.0 Å². The Morgan fingerprint density at radius 2 is 2.08 bits per heavy atom. The maximum absolute atomic E-state index is 10.8. The van der Waals surface area contributed by atoms with Crippen molar-refractivity contribution in [1.82, 2.24) is 0 Å². The molecule has 1 aromatic rings. The van der Waals surface area contributed by atoms with Gasteiger partial charge in [0.1, 0.15) is 0 Å². The first-order chi connectivity index (χ1) is 5.59. The van der Waals surface area contributed by atoms with Crippen molar-refractivity contribution in [3.05, 3.63) is 26.0 Å². The Morgan fingerprint density at radius 3 is 2.50 bits per heavy atom. The SMILES string of the molecule is N=CCC(N)c1c(O)c(=O)c1=O. The first-order valence-electron chi connectivity index (χ1n) is 3.36. The van der Waals surface area contributed by atoms with Gasteiger partial charge in [0, 0.05) is 12.5 Å². The molecule has 0 saturated heterocycles. The van der Waals surface area contributed by atoms with Crippen molar-refractivity contribution in [1.29, 1.82) is 5.41 Å². The van der Waals surface area contributed by atoms with Gasteiger partial charge in [0.25, 0.3) is 5.43 Å². The molecule has 12 heavy (non-hydrogen) atoms. The first kappa shape index (κ1) is 8.61. The molecular weight excluding hydrogens is 160 g/mol. The Labute approximate surface area is 67.6 Å². The summed E-state index contributed by atoms with van der Waals surface area (Å²) in [6, 6.07) is -0.729. The maximum Gasteiger partial charge on any atom is 0.268 e. The summed E-state index contributed by atoms with van der Waals surface area (Å²) >= 11 is 0. The molecule has 0 saturated carbocycles. The third-order valence-electron chi connectivity index (χ3n) is 1.66. The Hall–Kier alpha value is -1.49. The van der Waals surface area contributed by atoms with Crippen molar-refractivity contribution < 1.29 is 5.11 Å². The van der Waals surface area contributed by atoms with Crippen molar-refractivity contribution in [3.63, 3.8) is 0 Å². The van der Waals surface area contributed by atoms with Crippen LogP contribution in [-0.4, -0.2) is 11.3 Å². The Bertz CT molecular complexity index is 376. The molecule has 5 heteroatoms. The molecule has 0 fully saturated rings. The number of hydrogen-bond donors (Lipinski definition) is 3. The summed E-state index contributed by atoms with van der Waals surface area (Å²) in [5.74, 6) is -0.547. The van der Waals surface area contributed by atoms with Gasteiger partial charge in [0.2, 0.25) is 5.43 Å². The van der Waals surface area contributed by atoms with Crippen LogP contribution in [0.15, 0.2) is 9.59 Å². The van der Waals surface area contributed by atoms with Crippen LogP contribution in [0, 0.1) is 5.41 Å². The molecule has 0 aliphatic rings. The van der Waals surface area contributed by atoms with Gasteiger partial charge in [-0.15, -0.1) is 0 Å². The fourth-order valence-corrected chi connectivity index (χ4v) is 0.986. The fraction of sp³-hybridized carbons (Fsp3) is 0.286. The van der Waals surface area contributed by atoms with E-state index in [1.54, 1.807) is 0 Å². The summed E-state index contributed by atoms with van der Waals surface area (Å²) in [6.45, 7) is 0. The molecule has 0 amide bonds. The Kier molecular flexibility index (Phi) is 2.05. The predicted molar refractivity (Wildman–Crippen MR) is 43.3 cm³/mol. The van der Waals surface area contributed by atoms with Gasteiger partial charge in [-0.25, -0.2) is 0 Å². The molecule has 1 unspecified atom stereocenters. The van der Waals surface area contributed by atoms with E-state index in [9.17, 15) is 9.59 Å².